The van der Waals surface area contributed by atoms with E-state index in [1.54, 1.807) is 12.1 Å². The summed E-state index contributed by atoms with van der Waals surface area (Å²) < 4.78 is 0. The summed E-state index contributed by atoms with van der Waals surface area (Å²) in [6.45, 7) is 3.66. The predicted molar refractivity (Wildman–Crippen MR) is 110 cm³/mol. The summed E-state index contributed by atoms with van der Waals surface area (Å²) in [5, 5.41) is 9.15. The average molecular weight is 381 g/mol. The van der Waals surface area contributed by atoms with E-state index in [-0.39, 0.29) is 0 Å². The van der Waals surface area contributed by atoms with Crippen molar-refractivity contribution in [3.05, 3.63) is 29.8 Å². The van der Waals surface area contributed by atoms with Crippen molar-refractivity contribution in [1.82, 2.24) is 4.90 Å². The molecule has 0 aromatic heterocycles. The van der Waals surface area contributed by atoms with Crippen molar-refractivity contribution in [1.29, 1.82) is 0 Å². The number of rotatable bonds is 4. The van der Waals surface area contributed by atoms with Crippen LogP contribution in [-0.2, 0) is 0 Å². The van der Waals surface area contributed by atoms with E-state index in [0.717, 1.165) is 30.3 Å². The molecule has 0 amide bonds. The third-order valence-corrected chi connectivity index (χ3v) is 8.80. The number of carboxylic acid groups (broad SMARTS) is 1. The Morgan fingerprint density at radius 1 is 0.964 bits per heavy atom. The van der Waals surface area contributed by atoms with Crippen molar-refractivity contribution in [3.8, 4) is 0 Å². The van der Waals surface area contributed by atoms with Crippen LogP contribution in [0.4, 0.5) is 5.69 Å². The highest BCUT2D eigenvalue weighted by atomic mass is 16.4. The molecule has 0 radical (unpaired) electrons. The Morgan fingerprint density at radius 3 is 2.21 bits per heavy atom. The van der Waals surface area contributed by atoms with Gasteiger partial charge in [-0.25, -0.2) is 4.79 Å². The van der Waals surface area contributed by atoms with Crippen LogP contribution in [0.15, 0.2) is 24.3 Å². The highest BCUT2D eigenvalue weighted by Crippen LogP contribution is 2.60. The van der Waals surface area contributed by atoms with E-state index in [9.17, 15) is 4.79 Å². The summed E-state index contributed by atoms with van der Waals surface area (Å²) >= 11 is 0. The van der Waals surface area contributed by atoms with Gasteiger partial charge in [-0.15, -0.1) is 0 Å². The number of likely N-dealkylation sites (tertiary alicyclic amines) is 1. The summed E-state index contributed by atoms with van der Waals surface area (Å²) in [6.07, 6.45) is 11.7. The number of piperidine rings is 1. The second kappa shape index (κ2) is 6.22. The number of carbonyl (C=O) groups is 1. The topological polar surface area (TPSA) is 43.8 Å². The molecular formula is C24H32N2O2. The zero-order valence-corrected chi connectivity index (χ0v) is 16.7. The molecular weight excluding hydrogens is 348 g/mol. The van der Waals surface area contributed by atoms with Crippen LogP contribution in [0.2, 0.25) is 0 Å². The SMILES string of the molecule is O=C(O)c1ccc(N2CCC3CC2CN3CC23CC4CC(CC(C4)C2)C3)cc1. The van der Waals surface area contributed by atoms with Crippen LogP contribution in [0.3, 0.4) is 0 Å². The van der Waals surface area contributed by atoms with Crippen LogP contribution in [-0.4, -0.2) is 47.7 Å². The van der Waals surface area contributed by atoms with Gasteiger partial charge in [-0.3, -0.25) is 4.90 Å². The minimum absolute atomic E-state index is 0.383. The Bertz CT molecular complexity index is 738. The second-order valence-electron chi connectivity index (χ2n) is 10.7. The van der Waals surface area contributed by atoms with Gasteiger partial charge in [0.15, 0.2) is 0 Å². The molecule has 2 saturated heterocycles. The van der Waals surface area contributed by atoms with E-state index in [4.69, 9.17) is 5.11 Å². The Morgan fingerprint density at radius 2 is 1.61 bits per heavy atom. The lowest BCUT2D eigenvalue weighted by molar-refractivity contribution is -0.0706. The molecule has 2 heterocycles. The third-order valence-electron chi connectivity index (χ3n) is 8.80. The van der Waals surface area contributed by atoms with Gasteiger partial charge in [-0.2, -0.15) is 0 Å². The molecule has 2 unspecified atom stereocenters. The van der Waals surface area contributed by atoms with E-state index in [2.05, 4.69) is 9.80 Å². The summed E-state index contributed by atoms with van der Waals surface area (Å²) in [5.41, 5.74) is 2.22. The zero-order valence-electron chi connectivity index (χ0n) is 16.7. The minimum Gasteiger partial charge on any atom is -0.478 e. The predicted octanol–water partition coefficient (Wildman–Crippen LogP) is 4.25. The quantitative estimate of drug-likeness (QED) is 0.848. The Hall–Kier alpha value is -1.55. The van der Waals surface area contributed by atoms with Gasteiger partial charge < -0.3 is 10.0 Å². The molecule has 4 saturated carbocycles. The van der Waals surface area contributed by atoms with Crippen LogP contribution < -0.4 is 4.90 Å². The van der Waals surface area contributed by atoms with Gasteiger partial charge in [0.2, 0.25) is 0 Å². The molecule has 1 aromatic rings. The number of benzene rings is 1. The number of hydrogen-bond acceptors (Lipinski definition) is 3. The molecule has 28 heavy (non-hydrogen) atoms. The van der Waals surface area contributed by atoms with Gasteiger partial charge in [0, 0.05) is 37.4 Å². The maximum atomic E-state index is 11.1. The van der Waals surface area contributed by atoms with Crippen LogP contribution in [0, 0.1) is 23.2 Å². The largest absolute Gasteiger partial charge is 0.478 e. The van der Waals surface area contributed by atoms with Gasteiger partial charge in [-0.05, 0) is 98.8 Å². The summed E-state index contributed by atoms with van der Waals surface area (Å²) in [6, 6.07) is 8.89. The first kappa shape index (κ1) is 17.3. The molecule has 150 valence electrons. The van der Waals surface area contributed by atoms with E-state index in [1.807, 2.05) is 12.1 Å². The van der Waals surface area contributed by atoms with E-state index in [0.29, 0.717) is 17.0 Å². The second-order valence-corrected chi connectivity index (χ2v) is 10.7. The van der Waals surface area contributed by atoms with Crippen LogP contribution in [0.25, 0.3) is 0 Å². The molecule has 7 rings (SSSR count). The fourth-order valence-electron chi connectivity index (χ4n) is 8.20. The van der Waals surface area contributed by atoms with Crippen LogP contribution >= 0.6 is 0 Å². The highest BCUT2D eigenvalue weighted by molar-refractivity contribution is 5.88. The van der Waals surface area contributed by atoms with Crippen molar-refractivity contribution in [2.75, 3.05) is 24.5 Å². The zero-order chi connectivity index (χ0) is 18.9. The van der Waals surface area contributed by atoms with E-state index in [1.165, 1.54) is 70.1 Å². The molecule has 0 spiro atoms. The molecule has 4 heteroatoms. The number of carboxylic acids is 1. The lowest BCUT2D eigenvalue weighted by Crippen LogP contribution is -2.52. The lowest BCUT2D eigenvalue weighted by Gasteiger charge is -2.58. The van der Waals surface area contributed by atoms with Crippen LogP contribution in [0.5, 0.6) is 0 Å². The molecule has 6 fully saturated rings. The first-order valence-electron chi connectivity index (χ1n) is 11.4. The monoisotopic (exact) mass is 380 g/mol. The van der Waals surface area contributed by atoms with Crippen molar-refractivity contribution in [3.63, 3.8) is 0 Å². The normalized spacial score (nSPS) is 41.6. The highest BCUT2D eigenvalue weighted by Gasteiger charge is 2.52. The van der Waals surface area contributed by atoms with Gasteiger partial charge >= 0.3 is 5.97 Å². The molecule has 2 atom stereocenters. The molecule has 4 nitrogen and oxygen atoms in total. The van der Waals surface area contributed by atoms with Crippen molar-refractivity contribution < 1.29 is 9.90 Å². The van der Waals surface area contributed by atoms with Gasteiger partial charge in [0.1, 0.15) is 0 Å². The number of anilines is 1. The average Bonchev–Trinajstić information content (AvgIpc) is 2.95. The van der Waals surface area contributed by atoms with Crippen molar-refractivity contribution >= 4 is 11.7 Å². The summed E-state index contributed by atoms with van der Waals surface area (Å²) in [5.74, 6) is 2.28. The number of hydrogen-bond donors (Lipinski definition) is 1. The third kappa shape index (κ3) is 2.79. The standard InChI is InChI=1S/C24H32N2O2/c27-23(28)19-1-3-20(4-2-19)26-6-5-21-10-22(26)14-25(21)15-24-11-16-7-17(12-24)9-18(8-16)13-24/h1-4,16-18,21-22H,5-15H2,(H,27,28). The van der Waals surface area contributed by atoms with Crippen molar-refractivity contribution in [2.45, 2.75) is 63.5 Å². The van der Waals surface area contributed by atoms with Crippen molar-refractivity contribution in [2.24, 2.45) is 23.2 Å². The summed E-state index contributed by atoms with van der Waals surface area (Å²) in [7, 11) is 0. The maximum Gasteiger partial charge on any atom is 0.335 e. The number of aromatic carboxylic acids is 1. The molecule has 1 aromatic carbocycles. The molecule has 6 aliphatic rings. The van der Waals surface area contributed by atoms with E-state index >= 15 is 0 Å². The Balaban J connectivity index is 1.16. The van der Waals surface area contributed by atoms with Gasteiger partial charge in [0.05, 0.1) is 5.56 Å². The first-order valence-corrected chi connectivity index (χ1v) is 11.4. The van der Waals surface area contributed by atoms with E-state index < -0.39 is 5.97 Å². The number of nitrogens with zero attached hydrogens (tertiary/aromatic N) is 2. The molecule has 6 bridgehead atoms. The Kier molecular flexibility index (Phi) is 3.85. The summed E-state index contributed by atoms with van der Waals surface area (Å²) in [4.78, 5) is 16.5. The smallest absolute Gasteiger partial charge is 0.335 e. The van der Waals surface area contributed by atoms with Gasteiger partial charge in [-0.1, -0.05) is 0 Å². The Labute approximate surface area is 167 Å². The minimum atomic E-state index is -0.840. The fourth-order valence-corrected chi connectivity index (χ4v) is 8.20. The van der Waals surface area contributed by atoms with Gasteiger partial charge in [0.25, 0.3) is 0 Å². The lowest BCUT2D eigenvalue weighted by atomic mass is 9.49. The molecule has 1 N–H and O–H groups in total. The molecule has 2 aliphatic heterocycles. The number of fused-ring (bicyclic) bond motifs is 2. The fraction of sp³-hybridized carbons (Fsp3) is 0.708. The molecule has 4 aliphatic carbocycles. The maximum absolute atomic E-state index is 11.1. The first-order chi connectivity index (χ1) is 13.6. The van der Waals surface area contributed by atoms with Crippen LogP contribution in [0.1, 0.15) is 61.7 Å².